The van der Waals surface area contributed by atoms with Crippen molar-refractivity contribution >= 4 is 23.1 Å². The number of carbonyl (C=O) groups is 1. The molecule has 0 aliphatic heterocycles. The first-order chi connectivity index (χ1) is 10.1. The summed E-state index contributed by atoms with van der Waals surface area (Å²) in [7, 11) is 1.60. The van der Waals surface area contributed by atoms with Crippen LogP contribution in [-0.4, -0.2) is 29.3 Å². The summed E-state index contributed by atoms with van der Waals surface area (Å²) in [5.74, 6) is -0.0228. The molecule has 0 unspecified atom stereocenters. The Hall–Kier alpha value is -1.85. The lowest BCUT2D eigenvalue weighted by Crippen LogP contribution is -2.14. The van der Waals surface area contributed by atoms with E-state index in [0.29, 0.717) is 42.4 Å². The Morgan fingerprint density at radius 2 is 2.10 bits per heavy atom. The van der Waals surface area contributed by atoms with Gasteiger partial charge in [0.1, 0.15) is 5.69 Å². The minimum atomic E-state index is -0.0228. The van der Waals surface area contributed by atoms with E-state index in [-0.39, 0.29) is 5.78 Å². The fraction of sp³-hybridized carbons (Fsp3) is 0.333. The summed E-state index contributed by atoms with van der Waals surface area (Å²) in [5.41, 5.74) is 7.87. The van der Waals surface area contributed by atoms with Crippen LogP contribution in [0.3, 0.4) is 0 Å². The van der Waals surface area contributed by atoms with Crippen LogP contribution in [0.5, 0.6) is 0 Å². The first-order valence-corrected chi connectivity index (χ1v) is 7.07. The summed E-state index contributed by atoms with van der Waals surface area (Å²) in [6, 6.07) is 7.50. The van der Waals surface area contributed by atoms with Gasteiger partial charge < -0.3 is 10.5 Å². The maximum absolute atomic E-state index is 12.3. The normalized spacial score (nSPS) is 10.8. The monoisotopic (exact) mass is 307 g/mol. The Morgan fingerprint density at radius 1 is 1.38 bits per heavy atom. The van der Waals surface area contributed by atoms with Crippen molar-refractivity contribution in [1.82, 2.24) is 9.78 Å². The van der Waals surface area contributed by atoms with Crippen molar-refractivity contribution in [2.45, 2.75) is 19.4 Å². The van der Waals surface area contributed by atoms with E-state index in [4.69, 9.17) is 22.1 Å². The zero-order valence-corrected chi connectivity index (χ0v) is 12.6. The highest BCUT2D eigenvalue weighted by molar-refractivity contribution is 6.33. The van der Waals surface area contributed by atoms with Crippen molar-refractivity contribution in [2.24, 2.45) is 0 Å². The van der Waals surface area contributed by atoms with E-state index in [9.17, 15) is 4.79 Å². The van der Waals surface area contributed by atoms with Gasteiger partial charge in [0, 0.05) is 19.2 Å². The smallest absolute Gasteiger partial charge is 0.182 e. The summed E-state index contributed by atoms with van der Waals surface area (Å²) < 4.78 is 6.60. The number of hydrogen-bond donors (Lipinski definition) is 1. The van der Waals surface area contributed by atoms with Crippen LogP contribution in [0.2, 0.25) is 5.02 Å². The number of ketones is 1. The van der Waals surface area contributed by atoms with Crippen molar-refractivity contribution in [3.63, 3.8) is 0 Å². The largest absolute Gasteiger partial charge is 0.399 e. The number of nitrogens with two attached hydrogens (primary N) is 1. The van der Waals surface area contributed by atoms with E-state index in [1.54, 1.807) is 11.8 Å². The molecule has 0 bridgehead atoms. The Morgan fingerprint density at radius 3 is 2.76 bits per heavy atom. The molecule has 0 spiro atoms. The van der Waals surface area contributed by atoms with Crippen LogP contribution in [0, 0.1) is 0 Å². The molecule has 0 aliphatic carbocycles. The Balaban J connectivity index is 2.02. The van der Waals surface area contributed by atoms with Crippen LogP contribution < -0.4 is 5.73 Å². The molecule has 6 heteroatoms. The number of benzene rings is 1. The zero-order valence-electron chi connectivity index (χ0n) is 11.9. The molecule has 2 aromatic rings. The zero-order chi connectivity index (χ0) is 15.2. The lowest BCUT2D eigenvalue weighted by Gasteiger charge is -2.07. The molecular formula is C15H18ClN3O2. The Labute approximate surface area is 128 Å². The molecule has 0 atom stereocenters. The first-order valence-electron chi connectivity index (χ1n) is 6.69. The second-order valence-corrected chi connectivity index (χ2v) is 5.13. The summed E-state index contributed by atoms with van der Waals surface area (Å²) in [4.78, 5) is 12.3. The SMILES string of the molecule is COCCn1ncc(Cl)c1C(=O)CCc1ccc(N)cc1. The van der Waals surface area contributed by atoms with E-state index < -0.39 is 0 Å². The average Bonchev–Trinajstić information content (AvgIpc) is 2.85. The van der Waals surface area contributed by atoms with Crippen LogP contribution in [0.15, 0.2) is 30.5 Å². The molecule has 0 saturated carbocycles. The number of anilines is 1. The molecule has 1 aromatic carbocycles. The van der Waals surface area contributed by atoms with Gasteiger partial charge in [0.2, 0.25) is 0 Å². The van der Waals surface area contributed by atoms with Gasteiger partial charge in [-0.1, -0.05) is 23.7 Å². The number of rotatable bonds is 7. The van der Waals surface area contributed by atoms with Crippen molar-refractivity contribution in [1.29, 1.82) is 0 Å². The molecule has 2 N–H and O–H groups in total. The highest BCUT2D eigenvalue weighted by Crippen LogP contribution is 2.18. The number of Topliss-reactive ketones (excluding diaryl/α,β-unsaturated/α-hetero) is 1. The lowest BCUT2D eigenvalue weighted by molar-refractivity contribution is 0.0969. The molecule has 0 radical (unpaired) electrons. The number of nitrogen functional groups attached to an aromatic ring is 1. The standard InChI is InChI=1S/C15H18ClN3O2/c1-21-9-8-19-15(13(16)10-18-19)14(20)7-4-11-2-5-12(17)6-3-11/h2-3,5-6,10H,4,7-9,17H2,1H3. The van der Waals surface area contributed by atoms with E-state index in [1.165, 1.54) is 6.20 Å². The quantitative estimate of drug-likeness (QED) is 0.630. The molecule has 21 heavy (non-hydrogen) atoms. The number of nitrogens with zero attached hydrogens (tertiary/aromatic N) is 2. The Bertz CT molecular complexity index is 608. The number of methoxy groups -OCH3 is 1. The topological polar surface area (TPSA) is 70.1 Å². The molecule has 112 valence electrons. The van der Waals surface area contributed by atoms with Crippen LogP contribution in [0.4, 0.5) is 5.69 Å². The van der Waals surface area contributed by atoms with Gasteiger partial charge in [-0.15, -0.1) is 0 Å². The Kier molecular flexibility index (Phi) is 5.36. The van der Waals surface area contributed by atoms with Gasteiger partial charge in [-0.05, 0) is 24.1 Å². The number of aromatic nitrogens is 2. The average molecular weight is 308 g/mol. The van der Waals surface area contributed by atoms with Gasteiger partial charge in [0.25, 0.3) is 0 Å². The molecule has 0 amide bonds. The van der Waals surface area contributed by atoms with Crippen molar-refractivity contribution < 1.29 is 9.53 Å². The summed E-state index contributed by atoms with van der Waals surface area (Å²) >= 11 is 6.06. The van der Waals surface area contributed by atoms with Crippen molar-refractivity contribution in [3.05, 3.63) is 46.7 Å². The van der Waals surface area contributed by atoms with Crippen molar-refractivity contribution in [3.8, 4) is 0 Å². The first kappa shape index (κ1) is 15.5. The molecule has 2 rings (SSSR count). The molecule has 0 saturated heterocycles. The molecule has 1 heterocycles. The summed E-state index contributed by atoms with van der Waals surface area (Å²) in [5, 5.41) is 4.49. The number of halogens is 1. The highest BCUT2D eigenvalue weighted by Gasteiger charge is 2.17. The van der Waals surface area contributed by atoms with E-state index >= 15 is 0 Å². The van der Waals surface area contributed by atoms with Gasteiger partial charge in [-0.2, -0.15) is 5.10 Å². The predicted molar refractivity (Wildman–Crippen MR) is 82.6 cm³/mol. The van der Waals surface area contributed by atoms with Crippen LogP contribution in [0.1, 0.15) is 22.5 Å². The summed E-state index contributed by atoms with van der Waals surface area (Å²) in [6.07, 6.45) is 2.51. The van der Waals surface area contributed by atoms with Gasteiger partial charge in [0.05, 0.1) is 24.4 Å². The van der Waals surface area contributed by atoms with Gasteiger partial charge in [0.15, 0.2) is 5.78 Å². The number of hydrogen-bond acceptors (Lipinski definition) is 4. The minimum absolute atomic E-state index is 0.0228. The third-order valence-electron chi connectivity index (χ3n) is 3.19. The highest BCUT2D eigenvalue weighted by atomic mass is 35.5. The number of aryl methyl sites for hydroxylation is 1. The maximum atomic E-state index is 12.3. The number of carbonyl (C=O) groups excluding carboxylic acids is 1. The van der Waals surface area contributed by atoms with Crippen LogP contribution in [-0.2, 0) is 17.7 Å². The summed E-state index contributed by atoms with van der Waals surface area (Å²) in [6.45, 7) is 0.989. The maximum Gasteiger partial charge on any atom is 0.182 e. The molecule has 0 fully saturated rings. The van der Waals surface area contributed by atoms with Crippen molar-refractivity contribution in [2.75, 3.05) is 19.5 Å². The second-order valence-electron chi connectivity index (χ2n) is 4.72. The predicted octanol–water partition coefficient (Wildman–Crippen LogP) is 2.58. The molecule has 5 nitrogen and oxygen atoms in total. The van der Waals surface area contributed by atoms with Gasteiger partial charge in [-0.25, -0.2) is 0 Å². The van der Waals surface area contributed by atoms with Gasteiger partial charge in [-0.3, -0.25) is 9.48 Å². The fourth-order valence-electron chi connectivity index (χ4n) is 2.05. The van der Waals surface area contributed by atoms with E-state index in [0.717, 1.165) is 5.56 Å². The van der Waals surface area contributed by atoms with E-state index in [1.807, 2.05) is 24.3 Å². The van der Waals surface area contributed by atoms with Crippen LogP contribution >= 0.6 is 11.6 Å². The third kappa shape index (κ3) is 4.06. The van der Waals surface area contributed by atoms with Crippen LogP contribution in [0.25, 0.3) is 0 Å². The lowest BCUT2D eigenvalue weighted by atomic mass is 10.1. The molecule has 1 aromatic heterocycles. The molecule has 0 aliphatic rings. The third-order valence-corrected chi connectivity index (χ3v) is 3.46. The fourth-order valence-corrected chi connectivity index (χ4v) is 2.29. The molecular weight excluding hydrogens is 290 g/mol. The number of ether oxygens (including phenoxy) is 1. The van der Waals surface area contributed by atoms with E-state index in [2.05, 4.69) is 5.10 Å². The second kappa shape index (κ2) is 7.24. The van der Waals surface area contributed by atoms with Gasteiger partial charge >= 0.3 is 0 Å². The minimum Gasteiger partial charge on any atom is -0.399 e.